The molecule has 0 unspecified atom stereocenters. The van der Waals surface area contributed by atoms with Crippen molar-refractivity contribution in [2.45, 2.75) is 32.3 Å². The van der Waals surface area contributed by atoms with Gasteiger partial charge in [0.25, 0.3) is 5.91 Å². The first-order chi connectivity index (χ1) is 13.6. The highest BCUT2D eigenvalue weighted by atomic mass is 79.9. The Bertz CT molecular complexity index is 800. The Labute approximate surface area is 173 Å². The number of amides is 1. The van der Waals surface area contributed by atoms with E-state index in [0.29, 0.717) is 25.0 Å². The predicted molar refractivity (Wildman–Crippen MR) is 110 cm³/mol. The van der Waals surface area contributed by atoms with Gasteiger partial charge in [-0.2, -0.15) is 0 Å². The zero-order valence-electron chi connectivity index (χ0n) is 15.7. The summed E-state index contributed by atoms with van der Waals surface area (Å²) >= 11 is 3.39. The lowest BCUT2D eigenvalue weighted by Gasteiger charge is -2.15. The molecule has 0 atom stereocenters. The number of esters is 1. The molecular formula is C22H24BrNO4. The molecule has 28 heavy (non-hydrogen) atoms. The summed E-state index contributed by atoms with van der Waals surface area (Å²) in [5.41, 5.74) is 1.55. The molecule has 0 saturated carbocycles. The highest BCUT2D eigenvalue weighted by Gasteiger charge is 2.19. The van der Waals surface area contributed by atoms with Gasteiger partial charge < -0.3 is 14.4 Å². The number of carbonyl (C=O) groups is 2. The minimum absolute atomic E-state index is 0.0755. The SMILES string of the molecule is O=C(CCCOc1cccc(Br)c1)OCc1ccc(C(=O)N2CCCC2)cc1. The van der Waals surface area contributed by atoms with Gasteiger partial charge in [0, 0.05) is 29.5 Å². The maximum atomic E-state index is 12.3. The van der Waals surface area contributed by atoms with Crippen LogP contribution in [0, 0.1) is 0 Å². The standard InChI is InChI=1S/C22H24BrNO4/c23-19-5-3-6-20(15-19)27-14-4-7-21(25)28-16-17-8-10-18(11-9-17)22(26)24-12-1-2-13-24/h3,5-6,8-11,15H,1-2,4,7,12-14,16H2. The summed E-state index contributed by atoms with van der Waals surface area (Å²) in [5.74, 6) is 0.591. The van der Waals surface area contributed by atoms with Gasteiger partial charge in [-0.3, -0.25) is 9.59 Å². The van der Waals surface area contributed by atoms with Crippen LogP contribution >= 0.6 is 15.9 Å². The van der Waals surface area contributed by atoms with Crippen molar-refractivity contribution in [1.82, 2.24) is 4.90 Å². The minimum Gasteiger partial charge on any atom is -0.494 e. The number of hydrogen-bond acceptors (Lipinski definition) is 4. The lowest BCUT2D eigenvalue weighted by Crippen LogP contribution is -2.27. The first-order valence-corrected chi connectivity index (χ1v) is 10.3. The smallest absolute Gasteiger partial charge is 0.306 e. The summed E-state index contributed by atoms with van der Waals surface area (Å²) in [6, 6.07) is 14.9. The molecule has 1 saturated heterocycles. The first-order valence-electron chi connectivity index (χ1n) is 9.54. The van der Waals surface area contributed by atoms with Gasteiger partial charge in [-0.05, 0) is 55.2 Å². The highest BCUT2D eigenvalue weighted by Crippen LogP contribution is 2.18. The number of likely N-dealkylation sites (tertiary alicyclic amines) is 1. The fourth-order valence-electron chi connectivity index (χ4n) is 3.05. The Kier molecular flexibility index (Phi) is 7.48. The number of halogens is 1. The molecule has 0 aliphatic carbocycles. The van der Waals surface area contributed by atoms with E-state index in [9.17, 15) is 9.59 Å². The molecule has 1 heterocycles. The number of benzene rings is 2. The first kappa shape index (κ1) is 20.4. The molecule has 0 N–H and O–H groups in total. The fourth-order valence-corrected chi connectivity index (χ4v) is 3.42. The Balaban J connectivity index is 1.35. The van der Waals surface area contributed by atoms with E-state index in [0.717, 1.165) is 41.7 Å². The van der Waals surface area contributed by atoms with Gasteiger partial charge >= 0.3 is 5.97 Å². The normalized spacial score (nSPS) is 13.4. The van der Waals surface area contributed by atoms with Crippen LogP contribution in [0.15, 0.2) is 53.0 Å². The van der Waals surface area contributed by atoms with Crippen molar-refractivity contribution in [1.29, 1.82) is 0 Å². The third kappa shape index (κ3) is 6.09. The van der Waals surface area contributed by atoms with Crippen molar-refractivity contribution >= 4 is 27.8 Å². The topological polar surface area (TPSA) is 55.8 Å². The van der Waals surface area contributed by atoms with E-state index in [1.54, 1.807) is 12.1 Å². The molecule has 5 nitrogen and oxygen atoms in total. The molecule has 0 aromatic heterocycles. The number of carbonyl (C=O) groups excluding carboxylic acids is 2. The molecule has 1 aliphatic heterocycles. The van der Waals surface area contributed by atoms with Gasteiger partial charge in [0.05, 0.1) is 6.61 Å². The van der Waals surface area contributed by atoms with E-state index in [2.05, 4.69) is 15.9 Å². The fraction of sp³-hybridized carbons (Fsp3) is 0.364. The van der Waals surface area contributed by atoms with Gasteiger partial charge in [-0.25, -0.2) is 0 Å². The van der Waals surface area contributed by atoms with Crippen LogP contribution in [0.3, 0.4) is 0 Å². The van der Waals surface area contributed by atoms with Gasteiger partial charge in [0.2, 0.25) is 0 Å². The Morgan fingerprint density at radius 3 is 2.50 bits per heavy atom. The van der Waals surface area contributed by atoms with E-state index >= 15 is 0 Å². The molecule has 3 rings (SSSR count). The summed E-state index contributed by atoms with van der Waals surface area (Å²) in [5, 5.41) is 0. The van der Waals surface area contributed by atoms with Gasteiger partial charge in [-0.15, -0.1) is 0 Å². The molecule has 2 aromatic carbocycles. The zero-order valence-corrected chi connectivity index (χ0v) is 17.3. The van der Waals surface area contributed by atoms with Gasteiger partial charge in [0.15, 0.2) is 0 Å². The summed E-state index contributed by atoms with van der Waals surface area (Å²) in [7, 11) is 0. The van der Waals surface area contributed by atoms with Crippen LogP contribution in [0.4, 0.5) is 0 Å². The predicted octanol–water partition coefficient (Wildman–Crippen LogP) is 4.59. The van der Waals surface area contributed by atoms with E-state index in [-0.39, 0.29) is 18.5 Å². The van der Waals surface area contributed by atoms with Crippen LogP contribution in [0.5, 0.6) is 5.75 Å². The number of ether oxygens (including phenoxy) is 2. The number of rotatable bonds is 8. The average molecular weight is 446 g/mol. The van der Waals surface area contributed by atoms with Crippen LogP contribution in [-0.2, 0) is 16.1 Å². The van der Waals surface area contributed by atoms with Crippen molar-refractivity contribution in [3.63, 3.8) is 0 Å². The molecule has 0 spiro atoms. The Morgan fingerprint density at radius 1 is 1.04 bits per heavy atom. The molecule has 1 amide bonds. The minimum atomic E-state index is -0.255. The maximum absolute atomic E-state index is 12.3. The van der Waals surface area contributed by atoms with Crippen LogP contribution in [0.25, 0.3) is 0 Å². The lowest BCUT2D eigenvalue weighted by atomic mass is 10.1. The number of hydrogen-bond donors (Lipinski definition) is 0. The quantitative estimate of drug-likeness (QED) is 0.440. The monoisotopic (exact) mass is 445 g/mol. The van der Waals surface area contributed by atoms with Crippen molar-refractivity contribution in [2.75, 3.05) is 19.7 Å². The molecule has 6 heteroatoms. The molecule has 0 bridgehead atoms. The third-order valence-electron chi connectivity index (χ3n) is 4.58. The van der Waals surface area contributed by atoms with Crippen molar-refractivity contribution in [3.8, 4) is 5.75 Å². The summed E-state index contributed by atoms with van der Waals surface area (Å²) < 4.78 is 11.9. The van der Waals surface area contributed by atoms with Crippen LogP contribution < -0.4 is 4.74 Å². The van der Waals surface area contributed by atoms with E-state index in [1.165, 1.54) is 0 Å². The molecule has 1 fully saturated rings. The lowest BCUT2D eigenvalue weighted by molar-refractivity contribution is -0.145. The Morgan fingerprint density at radius 2 is 1.79 bits per heavy atom. The molecule has 0 radical (unpaired) electrons. The number of nitrogens with zero attached hydrogens (tertiary/aromatic N) is 1. The summed E-state index contributed by atoms with van der Waals surface area (Å²) in [6.45, 7) is 2.34. The Hall–Kier alpha value is -2.34. The average Bonchev–Trinajstić information content (AvgIpc) is 3.24. The van der Waals surface area contributed by atoms with E-state index in [4.69, 9.17) is 9.47 Å². The van der Waals surface area contributed by atoms with Crippen molar-refractivity contribution < 1.29 is 19.1 Å². The summed E-state index contributed by atoms with van der Waals surface area (Å²) in [6.07, 6.45) is 3.05. The maximum Gasteiger partial charge on any atom is 0.306 e. The second kappa shape index (κ2) is 10.3. The third-order valence-corrected chi connectivity index (χ3v) is 5.08. The van der Waals surface area contributed by atoms with Gasteiger partial charge in [-0.1, -0.05) is 34.1 Å². The van der Waals surface area contributed by atoms with Crippen LogP contribution in [0.1, 0.15) is 41.6 Å². The van der Waals surface area contributed by atoms with Gasteiger partial charge in [0.1, 0.15) is 12.4 Å². The van der Waals surface area contributed by atoms with E-state index < -0.39 is 0 Å². The molecule has 2 aromatic rings. The molecule has 148 valence electrons. The second-order valence-corrected chi connectivity index (χ2v) is 7.68. The zero-order chi connectivity index (χ0) is 19.8. The van der Waals surface area contributed by atoms with Crippen molar-refractivity contribution in [3.05, 3.63) is 64.1 Å². The molecule has 1 aliphatic rings. The highest BCUT2D eigenvalue weighted by molar-refractivity contribution is 9.10. The van der Waals surface area contributed by atoms with E-state index in [1.807, 2.05) is 41.3 Å². The summed E-state index contributed by atoms with van der Waals surface area (Å²) in [4.78, 5) is 26.1. The molecular weight excluding hydrogens is 422 g/mol. The van der Waals surface area contributed by atoms with Crippen LogP contribution in [0.2, 0.25) is 0 Å². The van der Waals surface area contributed by atoms with Crippen LogP contribution in [-0.4, -0.2) is 36.5 Å². The van der Waals surface area contributed by atoms with Crippen molar-refractivity contribution in [2.24, 2.45) is 0 Å². The largest absolute Gasteiger partial charge is 0.494 e. The second-order valence-electron chi connectivity index (χ2n) is 6.77.